The van der Waals surface area contributed by atoms with E-state index in [1.807, 2.05) is 0 Å². The summed E-state index contributed by atoms with van der Waals surface area (Å²) in [4.78, 5) is 19.2. The first-order chi connectivity index (χ1) is 13.0. The minimum Gasteiger partial charge on any atom is -0.379 e. The molecule has 1 heterocycles. The van der Waals surface area contributed by atoms with Gasteiger partial charge in [-0.05, 0) is 39.5 Å². The number of morpholine rings is 1. The standard InChI is InChI=1S/C20H39N5O2.HI/c1-4-21-19(24-16-20(2,3)25-11-13-27-14-12-25)23-10-9-22-18(26)15-17-7-5-6-8-17;/h17H,4-16H2,1-3H3,(H,22,26)(H2,21,23,24);1H. The van der Waals surface area contributed by atoms with Crippen molar-refractivity contribution in [1.29, 1.82) is 0 Å². The first-order valence-electron chi connectivity index (χ1n) is 10.6. The molecule has 1 aliphatic heterocycles. The van der Waals surface area contributed by atoms with E-state index in [4.69, 9.17) is 9.73 Å². The van der Waals surface area contributed by atoms with Crippen LogP contribution in [0.4, 0.5) is 0 Å². The fourth-order valence-corrected chi connectivity index (χ4v) is 3.81. The molecule has 0 atom stereocenters. The SMILES string of the molecule is CCNC(=NCC(C)(C)N1CCOCC1)NCCNC(=O)CC1CCCC1.I. The molecule has 0 unspecified atom stereocenters. The first kappa shape index (κ1) is 25.4. The molecule has 3 N–H and O–H groups in total. The van der Waals surface area contributed by atoms with Crippen LogP contribution in [0.3, 0.4) is 0 Å². The monoisotopic (exact) mass is 509 g/mol. The number of guanidine groups is 1. The molecule has 1 amide bonds. The Kier molecular flexibility index (Phi) is 12.3. The number of ether oxygens (including phenoxy) is 1. The molecule has 0 radical (unpaired) electrons. The number of amides is 1. The van der Waals surface area contributed by atoms with Crippen LogP contribution in [0.15, 0.2) is 4.99 Å². The highest BCUT2D eigenvalue weighted by Gasteiger charge is 2.28. The average molecular weight is 509 g/mol. The number of halogens is 1. The molecule has 0 aromatic rings. The fraction of sp³-hybridized carbons (Fsp3) is 0.900. The number of rotatable bonds is 9. The summed E-state index contributed by atoms with van der Waals surface area (Å²) in [7, 11) is 0. The molecule has 1 aliphatic carbocycles. The fourth-order valence-electron chi connectivity index (χ4n) is 3.81. The Morgan fingerprint density at radius 3 is 2.39 bits per heavy atom. The van der Waals surface area contributed by atoms with Crippen LogP contribution >= 0.6 is 24.0 Å². The second-order valence-corrected chi connectivity index (χ2v) is 8.24. The van der Waals surface area contributed by atoms with Crippen molar-refractivity contribution in [2.24, 2.45) is 10.9 Å². The number of hydrogen-bond acceptors (Lipinski definition) is 4. The third kappa shape index (κ3) is 9.26. The smallest absolute Gasteiger partial charge is 0.220 e. The van der Waals surface area contributed by atoms with Gasteiger partial charge in [0.2, 0.25) is 5.91 Å². The van der Waals surface area contributed by atoms with Crippen molar-refractivity contribution in [1.82, 2.24) is 20.9 Å². The lowest BCUT2D eigenvalue weighted by molar-refractivity contribution is -0.121. The van der Waals surface area contributed by atoms with Gasteiger partial charge in [0.1, 0.15) is 0 Å². The lowest BCUT2D eigenvalue weighted by Gasteiger charge is -2.39. The number of carbonyl (C=O) groups is 1. The summed E-state index contributed by atoms with van der Waals surface area (Å²) in [5.74, 6) is 1.59. The zero-order valence-electron chi connectivity index (χ0n) is 17.9. The zero-order chi connectivity index (χ0) is 19.5. The number of aliphatic imine (C=N–C) groups is 1. The summed E-state index contributed by atoms with van der Waals surface area (Å²) in [6.45, 7) is 12.9. The maximum atomic E-state index is 12.0. The van der Waals surface area contributed by atoms with Crippen molar-refractivity contribution < 1.29 is 9.53 Å². The van der Waals surface area contributed by atoms with Gasteiger partial charge in [-0.3, -0.25) is 14.7 Å². The number of hydrogen-bond donors (Lipinski definition) is 3. The number of carbonyl (C=O) groups excluding carboxylic acids is 1. The predicted molar refractivity (Wildman–Crippen MR) is 125 cm³/mol. The molecule has 2 rings (SSSR count). The topological polar surface area (TPSA) is 78.0 Å². The maximum Gasteiger partial charge on any atom is 0.220 e. The minimum atomic E-state index is 0. The second-order valence-electron chi connectivity index (χ2n) is 8.24. The average Bonchev–Trinajstić information content (AvgIpc) is 3.17. The minimum absolute atomic E-state index is 0. The lowest BCUT2D eigenvalue weighted by atomic mass is 10.0. The van der Waals surface area contributed by atoms with E-state index < -0.39 is 0 Å². The highest BCUT2D eigenvalue weighted by atomic mass is 127. The Bertz CT molecular complexity index is 475. The van der Waals surface area contributed by atoms with E-state index in [1.54, 1.807) is 0 Å². The molecule has 0 aromatic heterocycles. The van der Waals surface area contributed by atoms with E-state index in [9.17, 15) is 4.79 Å². The summed E-state index contributed by atoms with van der Waals surface area (Å²) >= 11 is 0. The van der Waals surface area contributed by atoms with Crippen LogP contribution in [0, 0.1) is 5.92 Å². The van der Waals surface area contributed by atoms with Crippen molar-refractivity contribution in [3.8, 4) is 0 Å². The Hall–Kier alpha value is -0.610. The van der Waals surface area contributed by atoms with E-state index in [1.165, 1.54) is 25.7 Å². The summed E-state index contributed by atoms with van der Waals surface area (Å²) in [6, 6.07) is 0. The molecule has 7 nitrogen and oxygen atoms in total. The van der Waals surface area contributed by atoms with Crippen LogP contribution in [-0.2, 0) is 9.53 Å². The van der Waals surface area contributed by atoms with E-state index in [-0.39, 0.29) is 35.4 Å². The summed E-state index contributed by atoms with van der Waals surface area (Å²) in [5, 5.41) is 9.64. The molecule has 1 saturated heterocycles. The summed E-state index contributed by atoms with van der Waals surface area (Å²) in [5.41, 5.74) is 0.00162. The van der Waals surface area contributed by atoms with Gasteiger partial charge in [0.15, 0.2) is 5.96 Å². The molecule has 0 bridgehead atoms. The lowest BCUT2D eigenvalue weighted by Crippen LogP contribution is -2.52. The van der Waals surface area contributed by atoms with E-state index in [0.717, 1.165) is 45.4 Å². The van der Waals surface area contributed by atoms with Crippen LogP contribution in [0.1, 0.15) is 52.9 Å². The van der Waals surface area contributed by atoms with Gasteiger partial charge >= 0.3 is 0 Å². The van der Waals surface area contributed by atoms with Gasteiger partial charge in [-0.2, -0.15) is 0 Å². The highest BCUT2D eigenvalue weighted by molar-refractivity contribution is 14.0. The molecule has 2 fully saturated rings. The van der Waals surface area contributed by atoms with Crippen LogP contribution in [0.25, 0.3) is 0 Å². The van der Waals surface area contributed by atoms with E-state index in [2.05, 4.69) is 41.6 Å². The molecule has 1 saturated carbocycles. The predicted octanol–water partition coefficient (Wildman–Crippen LogP) is 1.97. The van der Waals surface area contributed by atoms with Gasteiger partial charge < -0.3 is 20.7 Å². The quantitative estimate of drug-likeness (QED) is 0.192. The molecule has 28 heavy (non-hydrogen) atoms. The van der Waals surface area contributed by atoms with Gasteiger partial charge in [0.25, 0.3) is 0 Å². The molecule has 2 aliphatic rings. The van der Waals surface area contributed by atoms with Gasteiger partial charge in [-0.1, -0.05) is 12.8 Å². The Morgan fingerprint density at radius 2 is 1.75 bits per heavy atom. The van der Waals surface area contributed by atoms with Gasteiger partial charge in [0, 0.05) is 44.7 Å². The normalized spacial score (nSPS) is 19.2. The van der Waals surface area contributed by atoms with Gasteiger partial charge in [-0.25, -0.2) is 0 Å². The van der Waals surface area contributed by atoms with Crippen LogP contribution in [-0.4, -0.2) is 74.8 Å². The van der Waals surface area contributed by atoms with E-state index in [0.29, 0.717) is 25.4 Å². The van der Waals surface area contributed by atoms with Crippen molar-refractivity contribution in [2.45, 2.75) is 58.4 Å². The van der Waals surface area contributed by atoms with Crippen molar-refractivity contribution in [3.05, 3.63) is 0 Å². The number of nitrogens with zero attached hydrogens (tertiary/aromatic N) is 2. The molecule has 164 valence electrons. The summed E-state index contributed by atoms with van der Waals surface area (Å²) < 4.78 is 5.45. The van der Waals surface area contributed by atoms with Crippen molar-refractivity contribution in [3.63, 3.8) is 0 Å². The molecule has 0 aromatic carbocycles. The first-order valence-corrected chi connectivity index (χ1v) is 10.6. The Balaban J connectivity index is 0.00000392. The van der Waals surface area contributed by atoms with Crippen LogP contribution in [0.5, 0.6) is 0 Å². The third-order valence-corrected chi connectivity index (χ3v) is 5.52. The van der Waals surface area contributed by atoms with E-state index >= 15 is 0 Å². The third-order valence-electron chi connectivity index (χ3n) is 5.52. The van der Waals surface area contributed by atoms with Crippen LogP contribution in [0.2, 0.25) is 0 Å². The van der Waals surface area contributed by atoms with Gasteiger partial charge in [-0.15, -0.1) is 24.0 Å². The van der Waals surface area contributed by atoms with Crippen molar-refractivity contribution in [2.75, 3.05) is 52.5 Å². The Morgan fingerprint density at radius 1 is 1.11 bits per heavy atom. The highest BCUT2D eigenvalue weighted by Crippen LogP contribution is 2.27. The zero-order valence-corrected chi connectivity index (χ0v) is 20.2. The van der Waals surface area contributed by atoms with Crippen molar-refractivity contribution >= 4 is 35.8 Å². The molecule has 0 spiro atoms. The largest absolute Gasteiger partial charge is 0.379 e. The molecule has 8 heteroatoms. The molecular formula is C20H40IN5O2. The summed E-state index contributed by atoms with van der Waals surface area (Å²) in [6.07, 6.45) is 5.66. The number of nitrogens with one attached hydrogen (secondary N) is 3. The van der Waals surface area contributed by atoms with Crippen LogP contribution < -0.4 is 16.0 Å². The maximum absolute atomic E-state index is 12.0. The Labute approximate surface area is 187 Å². The van der Waals surface area contributed by atoms with Gasteiger partial charge in [0.05, 0.1) is 19.8 Å². The molecular weight excluding hydrogens is 469 g/mol. The second kappa shape index (κ2) is 13.6.